The molecule has 8 nitrogen and oxygen atoms in total. The summed E-state index contributed by atoms with van der Waals surface area (Å²) in [4.78, 5) is 39.9. The lowest BCUT2D eigenvalue weighted by Gasteiger charge is -2.45. The third-order valence-corrected chi connectivity index (χ3v) is 8.20. The number of cyclic esters (lactones) is 1. The lowest BCUT2D eigenvalue weighted by molar-refractivity contribution is -0.164. The maximum Gasteiger partial charge on any atom is 0.309 e. The molecule has 9 atom stereocenters. The van der Waals surface area contributed by atoms with E-state index < -0.39 is 35.6 Å². The Labute approximate surface area is 183 Å². The van der Waals surface area contributed by atoms with Crippen LogP contribution in [0.25, 0.3) is 0 Å². The van der Waals surface area contributed by atoms with Crippen molar-refractivity contribution in [1.29, 1.82) is 0 Å². The summed E-state index contributed by atoms with van der Waals surface area (Å²) in [6.45, 7) is 7.30. The van der Waals surface area contributed by atoms with Gasteiger partial charge in [-0.3, -0.25) is 19.3 Å². The van der Waals surface area contributed by atoms with Crippen molar-refractivity contribution in [2.24, 2.45) is 17.3 Å². The van der Waals surface area contributed by atoms with E-state index in [1.54, 1.807) is 13.8 Å². The Morgan fingerprint density at radius 1 is 1.26 bits per heavy atom. The molecule has 31 heavy (non-hydrogen) atoms. The molecule has 3 aliphatic rings. The minimum Gasteiger partial charge on any atom is -0.454 e. The van der Waals surface area contributed by atoms with Crippen molar-refractivity contribution in [3.63, 3.8) is 0 Å². The Morgan fingerprint density at radius 2 is 1.94 bits per heavy atom. The van der Waals surface area contributed by atoms with E-state index in [1.807, 2.05) is 0 Å². The Kier molecular flexibility index (Phi) is 6.96. The summed E-state index contributed by atoms with van der Waals surface area (Å²) in [6.07, 6.45) is -0.325. The van der Waals surface area contributed by atoms with E-state index in [2.05, 4.69) is 11.8 Å². The molecule has 176 valence electrons. The highest BCUT2D eigenvalue weighted by Crippen LogP contribution is 2.49. The molecule has 1 unspecified atom stereocenters. The zero-order valence-corrected chi connectivity index (χ0v) is 19.0. The van der Waals surface area contributed by atoms with Crippen LogP contribution in [-0.2, 0) is 19.1 Å². The number of carbonyl (C=O) groups excluding carboxylic acids is 3. The molecule has 2 aliphatic heterocycles. The number of Topliss-reactive ketones (excluding diaryl/α,β-unsaturated/α-hetero) is 2. The average Bonchev–Trinajstić information content (AvgIpc) is 3.24. The van der Waals surface area contributed by atoms with Crippen molar-refractivity contribution in [2.45, 2.75) is 96.1 Å². The van der Waals surface area contributed by atoms with Gasteiger partial charge in [-0.05, 0) is 39.0 Å². The van der Waals surface area contributed by atoms with Gasteiger partial charge < -0.3 is 20.1 Å². The van der Waals surface area contributed by atoms with E-state index in [-0.39, 0.29) is 42.1 Å². The van der Waals surface area contributed by atoms with Gasteiger partial charge in [0, 0.05) is 30.5 Å². The largest absolute Gasteiger partial charge is 0.454 e. The maximum atomic E-state index is 13.0. The summed E-state index contributed by atoms with van der Waals surface area (Å²) in [6, 6.07) is 0.0104. The first-order chi connectivity index (χ1) is 14.5. The molecule has 0 amide bonds. The van der Waals surface area contributed by atoms with Gasteiger partial charge in [-0.2, -0.15) is 0 Å². The van der Waals surface area contributed by atoms with Crippen LogP contribution in [0.15, 0.2) is 0 Å². The van der Waals surface area contributed by atoms with E-state index in [0.29, 0.717) is 25.8 Å². The van der Waals surface area contributed by atoms with Gasteiger partial charge in [-0.15, -0.1) is 0 Å². The van der Waals surface area contributed by atoms with Gasteiger partial charge in [0.1, 0.15) is 5.78 Å². The molecule has 3 fully saturated rings. The molecule has 0 aromatic heterocycles. The molecular formula is C23H37NO7. The summed E-state index contributed by atoms with van der Waals surface area (Å²) < 4.78 is 5.46. The van der Waals surface area contributed by atoms with Crippen molar-refractivity contribution in [2.75, 3.05) is 13.2 Å². The molecule has 2 saturated heterocycles. The second-order valence-corrected chi connectivity index (χ2v) is 10.3. The van der Waals surface area contributed by atoms with Gasteiger partial charge >= 0.3 is 5.97 Å². The van der Waals surface area contributed by atoms with Crippen LogP contribution in [0, 0.1) is 17.3 Å². The third-order valence-electron chi connectivity index (χ3n) is 8.20. The number of nitrogens with zero attached hydrogens (tertiary/aromatic N) is 1. The van der Waals surface area contributed by atoms with Gasteiger partial charge in [0.25, 0.3) is 0 Å². The van der Waals surface area contributed by atoms with Gasteiger partial charge in [0.15, 0.2) is 11.9 Å². The Morgan fingerprint density at radius 3 is 2.55 bits per heavy atom. The molecule has 1 aliphatic carbocycles. The van der Waals surface area contributed by atoms with Crippen LogP contribution in [0.1, 0.15) is 66.2 Å². The number of hydrogen-bond acceptors (Lipinski definition) is 8. The lowest BCUT2D eigenvalue weighted by Crippen LogP contribution is -2.54. The van der Waals surface area contributed by atoms with E-state index in [1.165, 1.54) is 6.92 Å². The van der Waals surface area contributed by atoms with E-state index >= 15 is 0 Å². The molecule has 8 heteroatoms. The topological polar surface area (TPSA) is 124 Å². The lowest BCUT2D eigenvalue weighted by atomic mass is 9.60. The van der Waals surface area contributed by atoms with Crippen LogP contribution in [0.3, 0.4) is 0 Å². The van der Waals surface area contributed by atoms with Crippen LogP contribution in [0.4, 0.5) is 0 Å². The van der Waals surface area contributed by atoms with Gasteiger partial charge in [0.2, 0.25) is 0 Å². The highest BCUT2D eigenvalue weighted by molar-refractivity contribution is 5.89. The average molecular weight is 440 g/mol. The van der Waals surface area contributed by atoms with Crippen molar-refractivity contribution in [1.82, 2.24) is 4.90 Å². The summed E-state index contributed by atoms with van der Waals surface area (Å²) in [5.74, 6) is -1.98. The van der Waals surface area contributed by atoms with Crippen LogP contribution < -0.4 is 0 Å². The number of aliphatic hydroxyl groups excluding tert-OH is 3. The normalized spacial score (nSPS) is 46.5. The summed E-state index contributed by atoms with van der Waals surface area (Å²) in [5.41, 5.74) is -1.36. The standard InChI is InChI=1S/C23H37NO7/c1-13-20(29)15-6-5-7-23(4)17(24(23)8-9-25)10-16(14(2)26)31-19(28)11-18(27)22(3,12-15)21(13)30/h13,15-18,20,25,27,29H,5-12H2,1-4H3/t13-,15-,16+,17+,18+,20-,22-,23-,24?/m1/s1. The highest BCUT2D eigenvalue weighted by Gasteiger charge is 2.59. The molecular weight excluding hydrogens is 402 g/mol. The maximum absolute atomic E-state index is 13.0. The smallest absolute Gasteiger partial charge is 0.309 e. The first-order valence-electron chi connectivity index (χ1n) is 11.4. The molecule has 0 aromatic rings. The van der Waals surface area contributed by atoms with Crippen LogP contribution in [-0.4, -0.2) is 80.8 Å². The number of ketones is 2. The zero-order chi connectivity index (χ0) is 23.1. The first kappa shape index (κ1) is 24.3. The predicted molar refractivity (Wildman–Crippen MR) is 112 cm³/mol. The molecule has 1 saturated carbocycles. The third kappa shape index (κ3) is 4.45. The van der Waals surface area contributed by atoms with Crippen LogP contribution in [0.5, 0.6) is 0 Å². The molecule has 2 heterocycles. The minimum atomic E-state index is -1.24. The van der Waals surface area contributed by atoms with Crippen molar-refractivity contribution < 1.29 is 34.4 Å². The monoisotopic (exact) mass is 439 g/mol. The number of fused-ring (bicyclic) bond motifs is 3. The predicted octanol–water partition coefficient (Wildman–Crippen LogP) is 0.840. The summed E-state index contributed by atoms with van der Waals surface area (Å²) in [5, 5.41) is 31.0. The Hall–Kier alpha value is -1.35. The van der Waals surface area contributed by atoms with Gasteiger partial charge in [-0.1, -0.05) is 20.3 Å². The number of esters is 1. The summed E-state index contributed by atoms with van der Waals surface area (Å²) in [7, 11) is 0. The first-order valence-corrected chi connectivity index (χ1v) is 11.4. The van der Waals surface area contributed by atoms with E-state index in [4.69, 9.17) is 4.74 Å². The van der Waals surface area contributed by atoms with Gasteiger partial charge in [-0.25, -0.2) is 0 Å². The Bertz CT molecular complexity index is 727. The van der Waals surface area contributed by atoms with E-state index in [0.717, 1.165) is 12.8 Å². The number of ether oxygens (including phenoxy) is 1. The van der Waals surface area contributed by atoms with E-state index in [9.17, 15) is 29.7 Å². The fourth-order valence-electron chi connectivity index (χ4n) is 6.02. The fraction of sp³-hybridized carbons (Fsp3) is 0.870. The zero-order valence-electron chi connectivity index (χ0n) is 19.0. The molecule has 2 bridgehead atoms. The number of hydrogen-bond donors (Lipinski definition) is 3. The number of aliphatic hydroxyl groups is 3. The number of carbonyl (C=O) groups is 3. The molecule has 3 N–H and O–H groups in total. The fourth-order valence-corrected chi connectivity index (χ4v) is 6.02. The Balaban J connectivity index is 1.89. The molecule has 3 rings (SSSR count). The highest BCUT2D eigenvalue weighted by atomic mass is 16.5. The van der Waals surface area contributed by atoms with Crippen LogP contribution >= 0.6 is 0 Å². The number of rotatable bonds is 3. The molecule has 0 aromatic carbocycles. The second kappa shape index (κ2) is 8.89. The SMILES string of the molecule is CC(=O)[C@@H]1C[C@@H]2N(CCO)[C@]2(C)CCC[C@@H]2C[C@@](C)(C(=O)[C@H](C)[C@H]2O)[C@@H](O)CC(=O)O1. The van der Waals surface area contributed by atoms with Gasteiger partial charge in [0.05, 0.1) is 30.7 Å². The quantitative estimate of drug-likeness (QED) is 0.437. The summed E-state index contributed by atoms with van der Waals surface area (Å²) >= 11 is 0. The van der Waals surface area contributed by atoms with Crippen molar-refractivity contribution >= 4 is 17.5 Å². The molecule has 0 radical (unpaired) electrons. The molecule has 0 spiro atoms. The van der Waals surface area contributed by atoms with Crippen molar-refractivity contribution in [3.05, 3.63) is 0 Å². The van der Waals surface area contributed by atoms with Crippen molar-refractivity contribution in [3.8, 4) is 0 Å². The number of β-amino-alcohol motifs (C(OH)–C–C–N with tert-alkyl or cyclic N) is 1. The second-order valence-electron chi connectivity index (χ2n) is 10.3. The minimum absolute atomic E-state index is 0.00211. The van der Waals surface area contributed by atoms with Crippen LogP contribution in [0.2, 0.25) is 0 Å².